The fourth-order valence-corrected chi connectivity index (χ4v) is 12.1. The molecule has 0 bridgehead atoms. The smallest absolute Gasteiger partial charge is 0.0722 e. The zero-order valence-electron chi connectivity index (χ0n) is 37.4. The van der Waals surface area contributed by atoms with Crippen molar-refractivity contribution in [3.63, 3.8) is 0 Å². The highest BCUT2D eigenvalue weighted by Crippen LogP contribution is 2.64. The first-order chi connectivity index (χ1) is 33.7. The standard InChI is InChI=1S/C66H44N2/c1-4-18-43(19-5-1)49-41-60(47-22-8-3-9-23-47)67-61(42-49)54-28-17-30-58-64(54)55-40-48(44-34-36-46(37-35-44)51-25-11-10-24-50(51)45-20-6-2-7-21-45)38-39-56(55)66(58)57-29-13-15-33-63(57)68-62-32-14-12-26-52(62)53-27-16-31-59(66)65(53)68/h1-37,40-42H,38-39H2. The minimum Gasteiger partial charge on any atom is -0.309 e. The average molecular weight is 865 g/mol. The fourth-order valence-electron chi connectivity index (χ4n) is 12.1. The SMILES string of the molecule is C1=C(c2ccc(-c3ccccc3-c3ccccc3)cc2)CCC2=C1c1c(-c3cc(-c4ccccc4)cc(-c4ccccc4)n3)cccc1C21c2ccccc2-n2c3ccccc3c3cccc1c32. The molecule has 318 valence electrons. The third-order valence-electron chi connectivity index (χ3n) is 15.0. The maximum Gasteiger partial charge on any atom is 0.0722 e. The van der Waals surface area contributed by atoms with E-state index in [-0.39, 0.29) is 0 Å². The predicted octanol–water partition coefficient (Wildman–Crippen LogP) is 16.8. The van der Waals surface area contributed by atoms with E-state index < -0.39 is 5.41 Å². The Balaban J connectivity index is 1.02. The highest BCUT2D eigenvalue weighted by molar-refractivity contribution is 6.13. The van der Waals surface area contributed by atoms with Gasteiger partial charge in [0.1, 0.15) is 0 Å². The van der Waals surface area contributed by atoms with E-state index in [4.69, 9.17) is 4.98 Å². The summed E-state index contributed by atoms with van der Waals surface area (Å²) in [7, 11) is 0. The third-order valence-corrected chi connectivity index (χ3v) is 15.0. The molecule has 1 atom stereocenters. The minimum absolute atomic E-state index is 0.520. The molecule has 1 spiro atoms. The fraction of sp³-hybridized carbons (Fsp3) is 0.0455. The maximum atomic E-state index is 5.59. The Morgan fingerprint density at radius 2 is 0.941 bits per heavy atom. The van der Waals surface area contributed by atoms with E-state index in [9.17, 15) is 0 Å². The van der Waals surface area contributed by atoms with Gasteiger partial charge in [0.2, 0.25) is 0 Å². The molecule has 2 aliphatic carbocycles. The number of pyridine rings is 1. The van der Waals surface area contributed by atoms with Crippen LogP contribution in [0.1, 0.15) is 40.7 Å². The lowest BCUT2D eigenvalue weighted by molar-refractivity contribution is 0.687. The zero-order valence-corrected chi connectivity index (χ0v) is 37.4. The molecule has 1 aliphatic heterocycles. The van der Waals surface area contributed by atoms with Gasteiger partial charge in [-0.3, -0.25) is 0 Å². The van der Waals surface area contributed by atoms with Crippen LogP contribution < -0.4 is 0 Å². The topological polar surface area (TPSA) is 17.8 Å². The van der Waals surface area contributed by atoms with Gasteiger partial charge in [0.15, 0.2) is 0 Å². The first kappa shape index (κ1) is 38.7. The van der Waals surface area contributed by atoms with E-state index in [0.717, 1.165) is 40.9 Å². The molecule has 0 saturated carbocycles. The lowest BCUT2D eigenvalue weighted by atomic mass is 9.63. The summed E-state index contributed by atoms with van der Waals surface area (Å²) in [4.78, 5) is 5.59. The minimum atomic E-state index is -0.520. The normalized spacial score (nSPS) is 15.6. The van der Waals surface area contributed by atoms with Gasteiger partial charge in [-0.25, -0.2) is 4.98 Å². The Kier molecular flexibility index (Phi) is 8.66. The van der Waals surface area contributed by atoms with Gasteiger partial charge in [0.25, 0.3) is 0 Å². The summed E-state index contributed by atoms with van der Waals surface area (Å²) in [5.41, 5.74) is 25.4. The molecule has 2 aromatic heterocycles. The summed E-state index contributed by atoms with van der Waals surface area (Å²) >= 11 is 0. The Labute approximate surface area is 396 Å². The van der Waals surface area contributed by atoms with Gasteiger partial charge in [0.05, 0.1) is 33.5 Å². The number of hydrogen-bond acceptors (Lipinski definition) is 1. The molecule has 0 N–H and O–H groups in total. The van der Waals surface area contributed by atoms with Crippen molar-refractivity contribution in [2.24, 2.45) is 0 Å². The molecule has 0 fully saturated rings. The highest BCUT2D eigenvalue weighted by Gasteiger charge is 2.52. The molecule has 3 aliphatic rings. The van der Waals surface area contributed by atoms with Gasteiger partial charge >= 0.3 is 0 Å². The second-order valence-electron chi connectivity index (χ2n) is 18.5. The molecular formula is C66H44N2. The van der Waals surface area contributed by atoms with Crippen LogP contribution in [-0.2, 0) is 5.41 Å². The first-order valence-electron chi connectivity index (χ1n) is 23.8. The van der Waals surface area contributed by atoms with E-state index >= 15 is 0 Å². The summed E-state index contributed by atoms with van der Waals surface area (Å²) in [5, 5.41) is 2.58. The Bertz CT molecular complexity index is 3820. The van der Waals surface area contributed by atoms with Crippen molar-refractivity contribution in [1.82, 2.24) is 9.55 Å². The van der Waals surface area contributed by atoms with E-state index in [2.05, 4.69) is 247 Å². The number of rotatable bonds is 6. The van der Waals surface area contributed by atoms with Crippen LogP contribution in [0, 0.1) is 0 Å². The lowest BCUT2D eigenvalue weighted by Gasteiger charge is -2.41. The molecule has 3 heterocycles. The molecule has 11 aromatic rings. The number of para-hydroxylation sites is 3. The Morgan fingerprint density at radius 1 is 0.382 bits per heavy atom. The van der Waals surface area contributed by atoms with Crippen LogP contribution in [0.2, 0.25) is 0 Å². The summed E-state index contributed by atoms with van der Waals surface area (Å²) in [6.07, 6.45) is 4.41. The molecule has 0 radical (unpaired) electrons. The summed E-state index contributed by atoms with van der Waals surface area (Å²) in [6, 6.07) is 87.0. The van der Waals surface area contributed by atoms with Gasteiger partial charge in [-0.15, -0.1) is 0 Å². The van der Waals surface area contributed by atoms with Crippen molar-refractivity contribution < 1.29 is 0 Å². The first-order valence-corrected chi connectivity index (χ1v) is 23.8. The summed E-state index contributed by atoms with van der Waals surface area (Å²) < 4.78 is 2.54. The average Bonchev–Trinajstić information content (AvgIpc) is 3.92. The van der Waals surface area contributed by atoms with E-state index in [0.29, 0.717) is 0 Å². The number of allylic oxidation sites excluding steroid dienone is 4. The van der Waals surface area contributed by atoms with Crippen molar-refractivity contribution in [1.29, 1.82) is 0 Å². The van der Waals surface area contributed by atoms with E-state index in [1.807, 2.05) is 0 Å². The number of nitrogens with zero attached hydrogens (tertiary/aromatic N) is 2. The Hall–Kier alpha value is -8.59. The zero-order chi connectivity index (χ0) is 44.8. The molecular weight excluding hydrogens is 821 g/mol. The summed E-state index contributed by atoms with van der Waals surface area (Å²) in [5.74, 6) is 0. The predicted molar refractivity (Wildman–Crippen MR) is 283 cm³/mol. The van der Waals surface area contributed by atoms with Gasteiger partial charge in [0, 0.05) is 21.9 Å². The largest absolute Gasteiger partial charge is 0.309 e. The number of hydrogen-bond donors (Lipinski definition) is 0. The van der Waals surface area contributed by atoms with E-state index in [1.54, 1.807) is 0 Å². The molecule has 2 heteroatoms. The van der Waals surface area contributed by atoms with Gasteiger partial charge < -0.3 is 4.57 Å². The molecule has 68 heavy (non-hydrogen) atoms. The Morgan fingerprint density at radius 3 is 1.72 bits per heavy atom. The number of aromatic nitrogens is 2. The molecule has 2 nitrogen and oxygen atoms in total. The summed E-state index contributed by atoms with van der Waals surface area (Å²) in [6.45, 7) is 0. The van der Waals surface area contributed by atoms with Crippen LogP contribution in [0.5, 0.6) is 0 Å². The van der Waals surface area contributed by atoms with Crippen molar-refractivity contribution in [2.45, 2.75) is 18.3 Å². The van der Waals surface area contributed by atoms with Gasteiger partial charge in [-0.1, -0.05) is 218 Å². The van der Waals surface area contributed by atoms with E-state index in [1.165, 1.54) is 99.8 Å². The van der Waals surface area contributed by atoms with Crippen molar-refractivity contribution in [3.8, 4) is 61.6 Å². The van der Waals surface area contributed by atoms with Gasteiger partial charge in [-0.05, 0) is 115 Å². The molecule has 1 unspecified atom stereocenters. The van der Waals surface area contributed by atoms with Crippen LogP contribution in [0.4, 0.5) is 0 Å². The second kappa shape index (κ2) is 15.2. The molecule has 9 aromatic carbocycles. The van der Waals surface area contributed by atoms with Crippen LogP contribution in [0.25, 0.3) is 94.5 Å². The molecule has 14 rings (SSSR count). The van der Waals surface area contributed by atoms with Gasteiger partial charge in [-0.2, -0.15) is 0 Å². The molecule has 0 saturated heterocycles. The monoisotopic (exact) mass is 864 g/mol. The lowest BCUT2D eigenvalue weighted by Crippen LogP contribution is -2.35. The third kappa shape index (κ3) is 5.68. The van der Waals surface area contributed by atoms with Crippen LogP contribution in [0.15, 0.2) is 248 Å². The van der Waals surface area contributed by atoms with Crippen molar-refractivity contribution >= 4 is 33.0 Å². The van der Waals surface area contributed by atoms with Crippen LogP contribution in [0.3, 0.4) is 0 Å². The quantitative estimate of drug-likeness (QED) is 0.163. The molecule has 0 amide bonds. The highest BCUT2D eigenvalue weighted by atomic mass is 15.0. The van der Waals surface area contributed by atoms with Crippen LogP contribution in [-0.4, -0.2) is 9.55 Å². The number of benzene rings is 9. The second-order valence-corrected chi connectivity index (χ2v) is 18.5. The van der Waals surface area contributed by atoms with Crippen molar-refractivity contribution in [2.75, 3.05) is 0 Å². The van der Waals surface area contributed by atoms with Crippen molar-refractivity contribution in [3.05, 3.63) is 276 Å². The maximum absolute atomic E-state index is 5.59. The van der Waals surface area contributed by atoms with Crippen LogP contribution >= 0.6 is 0 Å². The number of fused-ring (bicyclic) bond motifs is 11.